The molecule has 4 nitrogen and oxygen atoms in total. The molecule has 1 saturated heterocycles. The predicted octanol–water partition coefficient (Wildman–Crippen LogP) is 3.84. The molecule has 0 aromatic carbocycles. The third-order valence-electron chi connectivity index (χ3n) is 4.68. The van der Waals surface area contributed by atoms with E-state index in [1.165, 1.54) is 19.3 Å². The Morgan fingerprint density at radius 3 is 2.36 bits per heavy atom. The predicted molar refractivity (Wildman–Crippen MR) is 88.2 cm³/mol. The number of aromatic carboxylic acids is 1. The van der Waals surface area contributed by atoms with Crippen LogP contribution in [0.4, 0.5) is 0 Å². The molecule has 0 radical (unpaired) electrons. The summed E-state index contributed by atoms with van der Waals surface area (Å²) >= 11 is 0. The number of piperidine rings is 1. The highest BCUT2D eigenvalue weighted by Crippen LogP contribution is 2.27. The maximum Gasteiger partial charge on any atom is 0.337 e. The molecular formula is C18H28N2O2. The van der Waals surface area contributed by atoms with Crippen LogP contribution < -0.4 is 0 Å². The van der Waals surface area contributed by atoms with Gasteiger partial charge in [-0.05, 0) is 38.8 Å². The van der Waals surface area contributed by atoms with E-state index in [9.17, 15) is 9.90 Å². The molecule has 0 aliphatic carbocycles. The smallest absolute Gasteiger partial charge is 0.337 e. The van der Waals surface area contributed by atoms with E-state index in [2.05, 4.69) is 39.5 Å². The molecule has 2 heterocycles. The van der Waals surface area contributed by atoms with E-state index in [1.54, 1.807) is 6.07 Å². The summed E-state index contributed by atoms with van der Waals surface area (Å²) in [5.74, 6) is -0.889. The molecule has 122 valence electrons. The van der Waals surface area contributed by atoms with Gasteiger partial charge in [-0.3, -0.25) is 9.88 Å². The quantitative estimate of drug-likeness (QED) is 0.922. The van der Waals surface area contributed by atoms with Crippen LogP contribution >= 0.6 is 0 Å². The molecule has 1 aromatic rings. The SMILES string of the molecule is CC1CCCC(C)N1Cc1nc(C(C)(C)C)ccc1C(=O)O. The van der Waals surface area contributed by atoms with Crippen LogP contribution in [-0.4, -0.2) is 33.0 Å². The van der Waals surface area contributed by atoms with Crippen molar-refractivity contribution in [3.05, 3.63) is 29.1 Å². The zero-order chi connectivity index (χ0) is 16.5. The van der Waals surface area contributed by atoms with Crippen molar-refractivity contribution in [3.63, 3.8) is 0 Å². The molecule has 0 saturated carbocycles. The molecule has 2 rings (SSSR count). The molecule has 2 unspecified atom stereocenters. The van der Waals surface area contributed by atoms with E-state index < -0.39 is 5.97 Å². The molecule has 0 amide bonds. The second-order valence-corrected chi connectivity index (χ2v) is 7.55. The van der Waals surface area contributed by atoms with Gasteiger partial charge in [0.1, 0.15) is 0 Å². The fourth-order valence-corrected chi connectivity index (χ4v) is 3.19. The summed E-state index contributed by atoms with van der Waals surface area (Å²) in [6.45, 7) is 11.4. The van der Waals surface area contributed by atoms with Crippen molar-refractivity contribution in [3.8, 4) is 0 Å². The number of likely N-dealkylation sites (tertiary alicyclic amines) is 1. The standard InChI is InChI=1S/C18H28N2O2/c1-12-7-6-8-13(2)20(12)11-15-14(17(21)22)9-10-16(19-15)18(3,4)5/h9-10,12-13H,6-8,11H2,1-5H3,(H,21,22). The third-order valence-corrected chi connectivity index (χ3v) is 4.68. The number of rotatable bonds is 3. The summed E-state index contributed by atoms with van der Waals surface area (Å²) in [7, 11) is 0. The van der Waals surface area contributed by atoms with Gasteiger partial charge in [0.05, 0.1) is 11.3 Å². The van der Waals surface area contributed by atoms with Gasteiger partial charge >= 0.3 is 5.97 Å². The van der Waals surface area contributed by atoms with Crippen LogP contribution in [0.2, 0.25) is 0 Å². The fraction of sp³-hybridized carbons (Fsp3) is 0.667. The molecule has 22 heavy (non-hydrogen) atoms. The van der Waals surface area contributed by atoms with Crippen molar-refractivity contribution in [2.75, 3.05) is 0 Å². The van der Waals surface area contributed by atoms with Crippen LogP contribution in [0.15, 0.2) is 12.1 Å². The summed E-state index contributed by atoms with van der Waals surface area (Å²) in [6, 6.07) is 4.51. The molecule has 0 bridgehead atoms. The summed E-state index contributed by atoms with van der Waals surface area (Å²) in [4.78, 5) is 18.6. The lowest BCUT2D eigenvalue weighted by atomic mass is 9.90. The second kappa shape index (κ2) is 6.37. The normalized spacial score (nSPS) is 23.5. The number of carboxylic acids is 1. The van der Waals surface area contributed by atoms with Crippen LogP contribution in [0, 0.1) is 0 Å². The Labute approximate surface area is 133 Å². The minimum absolute atomic E-state index is 0.0785. The number of pyridine rings is 1. The van der Waals surface area contributed by atoms with Crippen LogP contribution in [-0.2, 0) is 12.0 Å². The van der Waals surface area contributed by atoms with Crippen molar-refractivity contribution < 1.29 is 9.90 Å². The zero-order valence-corrected chi connectivity index (χ0v) is 14.4. The summed E-state index contributed by atoms with van der Waals surface area (Å²) < 4.78 is 0. The van der Waals surface area contributed by atoms with E-state index >= 15 is 0 Å². The van der Waals surface area contributed by atoms with E-state index in [4.69, 9.17) is 4.98 Å². The van der Waals surface area contributed by atoms with Crippen molar-refractivity contribution in [1.82, 2.24) is 9.88 Å². The number of hydrogen-bond acceptors (Lipinski definition) is 3. The number of carbonyl (C=O) groups is 1. The van der Waals surface area contributed by atoms with Gasteiger partial charge in [0.2, 0.25) is 0 Å². The van der Waals surface area contributed by atoms with Crippen molar-refractivity contribution in [1.29, 1.82) is 0 Å². The Bertz CT molecular complexity index is 539. The van der Waals surface area contributed by atoms with Crippen LogP contribution in [0.1, 0.15) is 75.6 Å². The number of carboxylic acid groups (broad SMARTS) is 1. The molecule has 1 fully saturated rings. The largest absolute Gasteiger partial charge is 0.478 e. The van der Waals surface area contributed by atoms with Crippen molar-refractivity contribution in [2.45, 2.75) is 77.9 Å². The Hall–Kier alpha value is -1.42. The molecule has 4 heteroatoms. The first-order chi connectivity index (χ1) is 10.2. The van der Waals surface area contributed by atoms with Crippen LogP contribution in [0.25, 0.3) is 0 Å². The average Bonchev–Trinajstić information content (AvgIpc) is 2.41. The Balaban J connectivity index is 2.36. The van der Waals surface area contributed by atoms with Gasteiger partial charge in [-0.25, -0.2) is 4.79 Å². The maximum absolute atomic E-state index is 11.5. The Morgan fingerprint density at radius 1 is 1.27 bits per heavy atom. The molecule has 1 aliphatic rings. The second-order valence-electron chi connectivity index (χ2n) is 7.55. The van der Waals surface area contributed by atoms with Gasteiger partial charge in [-0.15, -0.1) is 0 Å². The van der Waals surface area contributed by atoms with E-state index in [0.29, 0.717) is 29.9 Å². The number of hydrogen-bond donors (Lipinski definition) is 1. The monoisotopic (exact) mass is 304 g/mol. The highest BCUT2D eigenvalue weighted by molar-refractivity contribution is 5.88. The van der Waals surface area contributed by atoms with Gasteiger partial charge in [0.15, 0.2) is 0 Å². The lowest BCUT2D eigenvalue weighted by Gasteiger charge is -2.39. The minimum Gasteiger partial charge on any atom is -0.478 e. The summed E-state index contributed by atoms with van der Waals surface area (Å²) in [5.41, 5.74) is 1.90. The Morgan fingerprint density at radius 2 is 1.86 bits per heavy atom. The lowest BCUT2D eigenvalue weighted by molar-refractivity contribution is 0.0683. The van der Waals surface area contributed by atoms with Gasteiger partial charge in [0, 0.05) is 29.7 Å². The van der Waals surface area contributed by atoms with Gasteiger partial charge in [-0.2, -0.15) is 0 Å². The van der Waals surface area contributed by atoms with E-state index in [0.717, 1.165) is 5.69 Å². The molecule has 0 spiro atoms. The molecular weight excluding hydrogens is 276 g/mol. The number of nitrogens with zero attached hydrogens (tertiary/aromatic N) is 2. The highest BCUT2D eigenvalue weighted by atomic mass is 16.4. The highest BCUT2D eigenvalue weighted by Gasteiger charge is 2.27. The summed E-state index contributed by atoms with van der Waals surface area (Å²) in [5, 5.41) is 9.46. The lowest BCUT2D eigenvalue weighted by Crippen LogP contribution is -2.43. The van der Waals surface area contributed by atoms with Crippen LogP contribution in [0.5, 0.6) is 0 Å². The minimum atomic E-state index is -0.889. The first-order valence-electron chi connectivity index (χ1n) is 8.19. The summed E-state index contributed by atoms with van der Waals surface area (Å²) in [6.07, 6.45) is 3.59. The van der Waals surface area contributed by atoms with E-state index in [-0.39, 0.29) is 5.41 Å². The first kappa shape index (κ1) is 16.9. The third kappa shape index (κ3) is 3.67. The van der Waals surface area contributed by atoms with Crippen LogP contribution in [0.3, 0.4) is 0 Å². The Kier molecular flexibility index (Phi) is 4.90. The molecule has 1 aliphatic heterocycles. The van der Waals surface area contributed by atoms with Crippen molar-refractivity contribution >= 4 is 5.97 Å². The first-order valence-corrected chi connectivity index (χ1v) is 8.19. The van der Waals surface area contributed by atoms with Gasteiger partial charge in [-0.1, -0.05) is 27.2 Å². The van der Waals surface area contributed by atoms with E-state index in [1.807, 2.05) is 6.07 Å². The van der Waals surface area contributed by atoms with Gasteiger partial charge < -0.3 is 5.11 Å². The zero-order valence-electron chi connectivity index (χ0n) is 14.4. The topological polar surface area (TPSA) is 53.4 Å². The number of aromatic nitrogens is 1. The molecule has 1 aromatic heterocycles. The van der Waals surface area contributed by atoms with Crippen molar-refractivity contribution in [2.24, 2.45) is 0 Å². The average molecular weight is 304 g/mol. The molecule has 1 N–H and O–H groups in total. The molecule has 2 atom stereocenters. The fourth-order valence-electron chi connectivity index (χ4n) is 3.19. The van der Waals surface area contributed by atoms with Gasteiger partial charge in [0.25, 0.3) is 0 Å². The maximum atomic E-state index is 11.5.